The van der Waals surface area contributed by atoms with Crippen LogP contribution in [0.15, 0.2) is 32.7 Å². The zero-order valence-electron chi connectivity index (χ0n) is 10.8. The molecule has 2 rings (SSSR count). The summed E-state index contributed by atoms with van der Waals surface area (Å²) >= 11 is 7.80. The molecule has 0 nitrogen and oxygen atoms in total. The highest BCUT2D eigenvalue weighted by atomic mass is 32.2. The summed E-state index contributed by atoms with van der Waals surface area (Å²) in [6, 6.07) is 9.06. The molecule has 98 valence electrons. The lowest BCUT2D eigenvalue weighted by molar-refractivity contribution is 1.11. The molecule has 2 aromatic rings. The van der Waals surface area contributed by atoms with Crippen molar-refractivity contribution < 1.29 is 0 Å². The highest BCUT2D eigenvalue weighted by Gasteiger charge is 2.06. The van der Waals surface area contributed by atoms with Crippen molar-refractivity contribution in [1.29, 1.82) is 0 Å². The van der Waals surface area contributed by atoms with Crippen molar-refractivity contribution in [2.45, 2.75) is 35.1 Å². The van der Waals surface area contributed by atoms with E-state index >= 15 is 0 Å². The van der Waals surface area contributed by atoms with Crippen LogP contribution in [0.2, 0.25) is 0 Å². The molecule has 0 aromatic carbocycles. The van der Waals surface area contributed by atoms with Crippen LogP contribution in [-0.4, -0.2) is 11.5 Å². The number of thioether (sulfide) groups is 2. The normalized spacial score (nSPS) is 11.0. The molecule has 0 unspecified atom stereocenters. The van der Waals surface area contributed by atoms with Crippen molar-refractivity contribution in [3.8, 4) is 9.75 Å². The first-order valence-corrected chi connectivity index (χ1v) is 9.89. The molecule has 0 radical (unpaired) electrons. The first-order chi connectivity index (χ1) is 8.83. The molecule has 0 saturated carbocycles. The van der Waals surface area contributed by atoms with E-state index in [-0.39, 0.29) is 0 Å². The predicted octanol–water partition coefficient (Wildman–Crippen LogP) is 6.48. The minimum Gasteiger partial charge on any atom is -0.128 e. The lowest BCUT2D eigenvalue weighted by atomic mass is 10.4. The second-order valence-corrected chi connectivity index (χ2v) is 8.89. The molecule has 0 spiro atoms. The standard InChI is InChI=1S/C14H18S4/c1-3-9-15-13-7-5-11(17-13)12-6-8-14(18-12)16-10-4-2/h5-8H,3-4,9-10H2,1-2H3. The third-order valence-corrected chi connectivity index (χ3v) is 7.53. The Balaban J connectivity index is 2.01. The van der Waals surface area contributed by atoms with Crippen LogP contribution >= 0.6 is 46.2 Å². The van der Waals surface area contributed by atoms with Gasteiger partial charge in [-0.05, 0) is 48.6 Å². The SMILES string of the molecule is CCCSc1ccc(-c2ccc(SCCC)s2)s1. The van der Waals surface area contributed by atoms with E-state index in [0.717, 1.165) is 0 Å². The van der Waals surface area contributed by atoms with Gasteiger partial charge in [0.15, 0.2) is 0 Å². The van der Waals surface area contributed by atoms with E-state index in [1.165, 1.54) is 42.5 Å². The van der Waals surface area contributed by atoms with E-state index < -0.39 is 0 Å². The Labute approximate surface area is 126 Å². The first kappa shape index (κ1) is 14.5. The predicted molar refractivity (Wildman–Crippen MR) is 89.7 cm³/mol. The summed E-state index contributed by atoms with van der Waals surface area (Å²) in [4.78, 5) is 2.84. The Morgan fingerprint density at radius 2 is 1.22 bits per heavy atom. The summed E-state index contributed by atoms with van der Waals surface area (Å²) in [5.74, 6) is 2.45. The Morgan fingerprint density at radius 3 is 1.61 bits per heavy atom. The molecule has 18 heavy (non-hydrogen) atoms. The summed E-state index contributed by atoms with van der Waals surface area (Å²) in [5.41, 5.74) is 0. The van der Waals surface area contributed by atoms with Crippen LogP contribution in [0.4, 0.5) is 0 Å². The summed E-state index contributed by atoms with van der Waals surface area (Å²) in [5, 5.41) is 0. The Morgan fingerprint density at radius 1 is 0.778 bits per heavy atom. The largest absolute Gasteiger partial charge is 0.128 e. The Kier molecular flexibility index (Phi) is 6.15. The summed E-state index contributed by atoms with van der Waals surface area (Å²) in [7, 11) is 0. The molecular formula is C14H18S4. The van der Waals surface area contributed by atoms with Gasteiger partial charge >= 0.3 is 0 Å². The summed E-state index contributed by atoms with van der Waals surface area (Å²) < 4.78 is 2.89. The quantitative estimate of drug-likeness (QED) is 0.536. The average Bonchev–Trinajstić information content (AvgIpc) is 3.02. The van der Waals surface area contributed by atoms with Gasteiger partial charge in [-0.2, -0.15) is 0 Å². The zero-order valence-corrected chi connectivity index (χ0v) is 14.0. The van der Waals surface area contributed by atoms with E-state index in [4.69, 9.17) is 0 Å². The maximum absolute atomic E-state index is 2.27. The highest BCUT2D eigenvalue weighted by molar-refractivity contribution is 8.01. The maximum Gasteiger partial charge on any atom is 0.0605 e. The third-order valence-electron chi connectivity index (χ3n) is 2.30. The van der Waals surface area contributed by atoms with Crippen LogP contribution in [0.5, 0.6) is 0 Å². The number of hydrogen-bond acceptors (Lipinski definition) is 4. The molecular weight excluding hydrogens is 296 g/mol. The Bertz CT molecular complexity index is 425. The topological polar surface area (TPSA) is 0 Å². The van der Waals surface area contributed by atoms with E-state index in [0.29, 0.717) is 0 Å². The fraction of sp³-hybridized carbons (Fsp3) is 0.429. The van der Waals surface area contributed by atoms with Crippen molar-refractivity contribution in [1.82, 2.24) is 0 Å². The third kappa shape index (κ3) is 4.05. The number of hydrogen-bond donors (Lipinski definition) is 0. The fourth-order valence-corrected chi connectivity index (χ4v) is 5.68. The van der Waals surface area contributed by atoms with Gasteiger partial charge in [-0.1, -0.05) is 13.8 Å². The molecule has 0 aliphatic carbocycles. The van der Waals surface area contributed by atoms with Gasteiger partial charge in [-0.3, -0.25) is 0 Å². The van der Waals surface area contributed by atoms with Gasteiger partial charge in [0.25, 0.3) is 0 Å². The minimum atomic E-state index is 1.22. The van der Waals surface area contributed by atoms with E-state index in [2.05, 4.69) is 38.1 Å². The second kappa shape index (κ2) is 7.63. The van der Waals surface area contributed by atoms with Crippen molar-refractivity contribution >= 4 is 46.2 Å². The van der Waals surface area contributed by atoms with E-state index in [1.807, 2.05) is 46.2 Å². The molecule has 0 fully saturated rings. The van der Waals surface area contributed by atoms with Crippen LogP contribution in [0.1, 0.15) is 26.7 Å². The van der Waals surface area contributed by atoms with Crippen LogP contribution in [0.25, 0.3) is 9.75 Å². The molecule has 0 amide bonds. The average molecular weight is 315 g/mol. The lowest BCUT2D eigenvalue weighted by Gasteiger charge is -1.94. The number of rotatable bonds is 7. The molecule has 0 atom stereocenters. The van der Waals surface area contributed by atoms with Crippen molar-refractivity contribution in [3.63, 3.8) is 0 Å². The van der Waals surface area contributed by atoms with E-state index in [1.54, 1.807) is 0 Å². The van der Waals surface area contributed by atoms with E-state index in [9.17, 15) is 0 Å². The Hall–Kier alpha value is 0.1000. The molecule has 2 heterocycles. The molecule has 0 aliphatic rings. The monoisotopic (exact) mass is 314 g/mol. The molecule has 0 saturated heterocycles. The van der Waals surface area contributed by atoms with Crippen LogP contribution in [0, 0.1) is 0 Å². The lowest BCUT2D eigenvalue weighted by Crippen LogP contribution is -1.68. The summed E-state index contributed by atoms with van der Waals surface area (Å²) in [6.45, 7) is 4.47. The van der Waals surface area contributed by atoms with Crippen molar-refractivity contribution in [2.24, 2.45) is 0 Å². The van der Waals surface area contributed by atoms with Crippen LogP contribution in [0.3, 0.4) is 0 Å². The van der Waals surface area contributed by atoms with Gasteiger partial charge in [0.2, 0.25) is 0 Å². The molecule has 2 aromatic heterocycles. The zero-order chi connectivity index (χ0) is 12.8. The van der Waals surface area contributed by atoms with Gasteiger partial charge in [-0.15, -0.1) is 46.2 Å². The van der Waals surface area contributed by atoms with Gasteiger partial charge in [0, 0.05) is 9.75 Å². The van der Waals surface area contributed by atoms with Crippen LogP contribution in [-0.2, 0) is 0 Å². The van der Waals surface area contributed by atoms with Crippen molar-refractivity contribution in [3.05, 3.63) is 24.3 Å². The maximum atomic E-state index is 2.27. The number of thiophene rings is 2. The molecule has 0 bridgehead atoms. The molecule has 0 aliphatic heterocycles. The van der Waals surface area contributed by atoms with Gasteiger partial charge < -0.3 is 0 Å². The molecule has 4 heteroatoms. The smallest absolute Gasteiger partial charge is 0.0605 e. The fourth-order valence-electron chi connectivity index (χ4n) is 1.47. The van der Waals surface area contributed by atoms with Crippen molar-refractivity contribution in [2.75, 3.05) is 11.5 Å². The summed E-state index contributed by atoms with van der Waals surface area (Å²) in [6.07, 6.45) is 2.49. The second-order valence-electron chi connectivity index (χ2n) is 3.93. The first-order valence-electron chi connectivity index (χ1n) is 6.29. The van der Waals surface area contributed by atoms with Gasteiger partial charge in [-0.25, -0.2) is 0 Å². The van der Waals surface area contributed by atoms with Crippen LogP contribution < -0.4 is 0 Å². The molecule has 0 N–H and O–H groups in total. The van der Waals surface area contributed by atoms with Gasteiger partial charge in [0.1, 0.15) is 0 Å². The highest BCUT2D eigenvalue weighted by Crippen LogP contribution is 2.39. The van der Waals surface area contributed by atoms with Gasteiger partial charge in [0.05, 0.1) is 8.42 Å². The minimum absolute atomic E-state index is 1.22.